The van der Waals surface area contributed by atoms with E-state index in [1.807, 2.05) is 0 Å². The number of hydrogen-bond donors (Lipinski definition) is 1. The number of hydrogen-bond acceptors (Lipinski definition) is 4. The van der Waals surface area contributed by atoms with E-state index >= 15 is 0 Å². The van der Waals surface area contributed by atoms with Gasteiger partial charge < -0.3 is 0 Å². The molecule has 1 aliphatic heterocycles. The van der Waals surface area contributed by atoms with Gasteiger partial charge in [-0.3, -0.25) is 0 Å². The van der Waals surface area contributed by atoms with Gasteiger partial charge in [0.2, 0.25) is 13.8 Å². The highest BCUT2D eigenvalue weighted by Gasteiger charge is 2.21. The normalized spacial score (nSPS) is 22.2. The molecule has 0 N–H and O–H groups in total. The van der Waals surface area contributed by atoms with Gasteiger partial charge in [0, 0.05) is 5.75 Å². The first kappa shape index (κ1) is 8.29. The topological polar surface area (TPSA) is 46.5 Å². The third-order valence-corrected chi connectivity index (χ3v) is 3.92. The number of aliphatic imine (C=N–C) groups is 1. The Morgan fingerprint density at radius 3 is 2.50 bits per heavy atom. The molecular weight excluding hydrogens is 238 g/mol. The zero-order valence-corrected chi connectivity index (χ0v) is 8.08. The zero-order valence-electron chi connectivity index (χ0n) is 4.78. The number of rotatable bonds is 1. The third kappa shape index (κ3) is 1.43. The molecule has 0 saturated heterocycles. The molecule has 0 atom stereocenters. The summed E-state index contributed by atoms with van der Waals surface area (Å²) in [5.41, 5.74) is 0.468. The zero-order chi connectivity index (χ0) is 7.78. The molecule has 1 heterocycles. The first-order valence-electron chi connectivity index (χ1n) is 2.37. The molecular formula is C4H4BrNO2S2. The van der Waals surface area contributed by atoms with Crippen LogP contribution in [0.2, 0.25) is 0 Å². The van der Waals surface area contributed by atoms with Crippen LogP contribution in [-0.2, 0) is 9.84 Å². The van der Waals surface area contributed by atoms with Gasteiger partial charge in [0.25, 0.3) is 0 Å². The minimum atomic E-state index is -3.23. The lowest BCUT2D eigenvalue weighted by Gasteiger charge is -1.82. The monoisotopic (exact) mass is 241 g/mol. The van der Waals surface area contributed by atoms with Gasteiger partial charge in [0.15, 0.2) is 0 Å². The molecule has 0 saturated carbocycles. The van der Waals surface area contributed by atoms with E-state index in [-0.39, 0.29) is 3.95 Å². The average Bonchev–Trinajstić information content (AvgIpc) is 2.08. The fourth-order valence-electron chi connectivity index (χ4n) is 0.503. The van der Waals surface area contributed by atoms with E-state index in [4.69, 9.17) is 0 Å². The molecule has 6 heteroatoms. The molecule has 0 aromatic heterocycles. The predicted octanol–water partition coefficient (Wildman–Crippen LogP) is 0.937. The Kier molecular flexibility index (Phi) is 2.21. The molecule has 0 unspecified atom stereocenters. The van der Waals surface area contributed by atoms with Gasteiger partial charge in [-0.05, 0) is 15.9 Å². The molecule has 0 amide bonds. The Morgan fingerprint density at radius 2 is 2.30 bits per heavy atom. The molecule has 0 aliphatic carbocycles. The maximum Gasteiger partial charge on any atom is 0.225 e. The van der Waals surface area contributed by atoms with Gasteiger partial charge in [-0.1, -0.05) is 0 Å². The maximum absolute atomic E-state index is 10.8. The van der Waals surface area contributed by atoms with E-state index in [1.165, 1.54) is 0 Å². The molecule has 1 rings (SSSR count). The minimum Gasteiger partial charge on any atom is -0.232 e. The third-order valence-electron chi connectivity index (χ3n) is 0.919. The molecule has 1 aliphatic rings. The summed E-state index contributed by atoms with van der Waals surface area (Å²) in [6, 6.07) is 0. The lowest BCUT2D eigenvalue weighted by Crippen LogP contribution is -1.98. The van der Waals surface area contributed by atoms with Crippen LogP contribution < -0.4 is 0 Å². The van der Waals surface area contributed by atoms with Gasteiger partial charge in [-0.15, -0.1) is 0 Å². The highest BCUT2D eigenvalue weighted by atomic mass is 79.9. The molecule has 0 spiro atoms. The van der Waals surface area contributed by atoms with Gasteiger partial charge >= 0.3 is 0 Å². The van der Waals surface area contributed by atoms with E-state index in [1.54, 1.807) is 0 Å². The first-order valence-corrected chi connectivity index (χ1v) is 5.34. The fraction of sp³-hybridized carbons (Fsp3) is 0.250. The SMILES string of the molecule is O=S1(=O)C=C(CS)N=C1Br. The first-order chi connectivity index (χ1) is 4.56. The lowest BCUT2D eigenvalue weighted by atomic mass is 10.6. The number of nitrogens with zero attached hydrogens (tertiary/aromatic N) is 1. The molecule has 10 heavy (non-hydrogen) atoms. The van der Waals surface area contributed by atoms with Crippen molar-refractivity contribution in [1.82, 2.24) is 0 Å². The molecule has 0 aromatic rings. The smallest absolute Gasteiger partial charge is 0.225 e. The Balaban J connectivity index is 3.12. The Bertz CT molecular complexity index is 303. The average molecular weight is 242 g/mol. The van der Waals surface area contributed by atoms with Crippen LogP contribution in [0.5, 0.6) is 0 Å². The quantitative estimate of drug-likeness (QED) is 0.695. The summed E-state index contributed by atoms with van der Waals surface area (Å²) in [7, 11) is -3.23. The second kappa shape index (κ2) is 2.67. The molecule has 56 valence electrons. The summed E-state index contributed by atoms with van der Waals surface area (Å²) in [6.07, 6.45) is 0. The van der Waals surface area contributed by atoms with Crippen LogP contribution in [0.4, 0.5) is 0 Å². The summed E-state index contributed by atoms with van der Waals surface area (Å²) in [4.78, 5) is 3.69. The van der Waals surface area contributed by atoms with Crippen molar-refractivity contribution in [3.63, 3.8) is 0 Å². The molecule has 0 fully saturated rings. The largest absolute Gasteiger partial charge is 0.232 e. The van der Waals surface area contributed by atoms with Crippen LogP contribution in [-0.4, -0.2) is 18.1 Å². The van der Waals surface area contributed by atoms with Crippen molar-refractivity contribution in [1.29, 1.82) is 0 Å². The molecule has 0 radical (unpaired) electrons. The van der Waals surface area contributed by atoms with Crippen molar-refractivity contribution < 1.29 is 8.42 Å². The van der Waals surface area contributed by atoms with Crippen molar-refractivity contribution >= 4 is 42.3 Å². The van der Waals surface area contributed by atoms with E-state index < -0.39 is 9.84 Å². The number of halogens is 1. The van der Waals surface area contributed by atoms with Crippen LogP contribution >= 0.6 is 28.6 Å². The second-order valence-corrected chi connectivity index (χ2v) is 4.98. The molecule has 3 nitrogen and oxygen atoms in total. The highest BCUT2D eigenvalue weighted by Crippen LogP contribution is 2.18. The molecule has 0 bridgehead atoms. The summed E-state index contributed by atoms with van der Waals surface area (Å²) in [6.45, 7) is 0. The van der Waals surface area contributed by atoms with Crippen LogP contribution in [0.25, 0.3) is 0 Å². The van der Waals surface area contributed by atoms with Crippen molar-refractivity contribution in [3.8, 4) is 0 Å². The number of sulfone groups is 1. The summed E-state index contributed by atoms with van der Waals surface area (Å²) in [5, 5.41) is 1.10. The van der Waals surface area contributed by atoms with Crippen molar-refractivity contribution in [2.45, 2.75) is 0 Å². The van der Waals surface area contributed by atoms with Crippen LogP contribution in [0.15, 0.2) is 16.1 Å². The Labute approximate surface area is 72.7 Å². The van der Waals surface area contributed by atoms with E-state index in [9.17, 15) is 8.42 Å². The molecule has 0 aromatic carbocycles. The lowest BCUT2D eigenvalue weighted by molar-refractivity contribution is 0.616. The van der Waals surface area contributed by atoms with E-state index in [2.05, 4.69) is 33.6 Å². The summed E-state index contributed by atoms with van der Waals surface area (Å²) < 4.78 is 21.7. The van der Waals surface area contributed by atoms with Gasteiger partial charge in [0.1, 0.15) is 0 Å². The Hall–Kier alpha value is 0.190. The minimum absolute atomic E-state index is 0.0240. The Morgan fingerprint density at radius 1 is 1.70 bits per heavy atom. The standard InChI is InChI=1S/C4H4BrNO2S2/c5-4-6-3(1-9)2-10(4,7)8/h2,9H,1H2. The fourth-order valence-corrected chi connectivity index (χ4v) is 2.13. The summed E-state index contributed by atoms with van der Waals surface area (Å²) >= 11 is 6.69. The van der Waals surface area contributed by atoms with Crippen molar-refractivity contribution in [3.05, 3.63) is 11.1 Å². The van der Waals surface area contributed by atoms with Crippen molar-refractivity contribution in [2.75, 3.05) is 5.75 Å². The summed E-state index contributed by atoms with van der Waals surface area (Å²) in [5.74, 6) is 0.342. The van der Waals surface area contributed by atoms with Gasteiger partial charge in [0.05, 0.1) is 11.1 Å². The van der Waals surface area contributed by atoms with Crippen LogP contribution in [0, 0.1) is 0 Å². The highest BCUT2D eigenvalue weighted by molar-refractivity contribution is 9.21. The van der Waals surface area contributed by atoms with E-state index in [0.717, 1.165) is 5.41 Å². The second-order valence-electron chi connectivity index (χ2n) is 1.68. The van der Waals surface area contributed by atoms with E-state index in [0.29, 0.717) is 11.4 Å². The van der Waals surface area contributed by atoms with Crippen molar-refractivity contribution in [2.24, 2.45) is 4.99 Å². The van der Waals surface area contributed by atoms with Gasteiger partial charge in [-0.25, -0.2) is 13.4 Å². The predicted molar refractivity (Wildman–Crippen MR) is 47.2 cm³/mol. The number of thiol groups is 1. The van der Waals surface area contributed by atoms with Crippen LogP contribution in [0.1, 0.15) is 0 Å². The maximum atomic E-state index is 10.8. The van der Waals surface area contributed by atoms with Crippen LogP contribution in [0.3, 0.4) is 0 Å². The van der Waals surface area contributed by atoms with Gasteiger partial charge in [-0.2, -0.15) is 12.6 Å².